The maximum atomic E-state index is 11.8. The molecule has 0 aromatic heterocycles. The second-order valence-electron chi connectivity index (χ2n) is 3.82. The molecule has 0 spiro atoms. The van der Waals surface area contributed by atoms with Gasteiger partial charge < -0.3 is 9.84 Å². The van der Waals surface area contributed by atoms with Crippen LogP contribution in [0, 0.1) is 5.92 Å². The number of ether oxygens (including phenoxy) is 1. The third kappa shape index (κ3) is 3.90. The summed E-state index contributed by atoms with van der Waals surface area (Å²) >= 11 is 0. The third-order valence-corrected chi connectivity index (χ3v) is 2.38. The van der Waals surface area contributed by atoms with Crippen molar-refractivity contribution >= 4 is 11.8 Å². The second kappa shape index (κ2) is 6.03. The van der Waals surface area contributed by atoms with E-state index in [2.05, 4.69) is 0 Å². The highest BCUT2D eigenvalue weighted by molar-refractivity contribution is 5.99. The molecular weight excluding hydrogens is 220 g/mol. The van der Waals surface area contributed by atoms with Gasteiger partial charge >= 0.3 is 5.97 Å². The van der Waals surface area contributed by atoms with Crippen LogP contribution in [0.3, 0.4) is 0 Å². The fourth-order valence-electron chi connectivity index (χ4n) is 1.52. The van der Waals surface area contributed by atoms with Crippen LogP contribution in [0.15, 0.2) is 24.3 Å². The van der Waals surface area contributed by atoms with Crippen LogP contribution in [0.2, 0.25) is 0 Å². The number of rotatable bonds is 6. The zero-order valence-electron chi connectivity index (χ0n) is 9.97. The second-order valence-corrected chi connectivity index (χ2v) is 3.82. The Bertz CT molecular complexity index is 394. The molecule has 1 atom stereocenters. The fraction of sp³-hybridized carbons (Fsp3) is 0.385. The van der Waals surface area contributed by atoms with E-state index in [0.29, 0.717) is 17.9 Å². The zero-order valence-corrected chi connectivity index (χ0v) is 9.97. The minimum Gasteiger partial charge on any atom is -0.494 e. The molecule has 4 nitrogen and oxygen atoms in total. The van der Waals surface area contributed by atoms with Crippen LogP contribution in [0.25, 0.3) is 0 Å². The molecule has 0 fully saturated rings. The van der Waals surface area contributed by atoms with Crippen molar-refractivity contribution in [3.05, 3.63) is 29.8 Å². The summed E-state index contributed by atoms with van der Waals surface area (Å²) in [6.45, 7) is 4.07. The first kappa shape index (κ1) is 13.2. The summed E-state index contributed by atoms with van der Waals surface area (Å²) in [5, 5.41) is 8.62. The molecule has 0 heterocycles. The van der Waals surface area contributed by atoms with Crippen LogP contribution in [-0.4, -0.2) is 23.5 Å². The summed E-state index contributed by atoms with van der Waals surface area (Å²) in [6, 6.07) is 6.74. The van der Waals surface area contributed by atoms with E-state index >= 15 is 0 Å². The molecule has 0 aliphatic heterocycles. The Morgan fingerprint density at radius 1 is 1.29 bits per heavy atom. The lowest BCUT2D eigenvalue weighted by Gasteiger charge is -2.08. The van der Waals surface area contributed by atoms with Crippen LogP contribution >= 0.6 is 0 Å². The van der Waals surface area contributed by atoms with Crippen LogP contribution in [-0.2, 0) is 4.79 Å². The summed E-state index contributed by atoms with van der Waals surface area (Å²) < 4.78 is 5.26. The topological polar surface area (TPSA) is 63.6 Å². The maximum absolute atomic E-state index is 11.8. The Morgan fingerprint density at radius 3 is 2.35 bits per heavy atom. The van der Waals surface area contributed by atoms with Crippen molar-refractivity contribution < 1.29 is 19.4 Å². The standard InChI is InChI=1S/C13H16O4/c1-3-17-11-6-4-10(5-7-11)13(16)9(2)8-12(14)15/h4-7,9H,3,8H2,1-2H3,(H,14,15). The van der Waals surface area contributed by atoms with E-state index in [-0.39, 0.29) is 12.2 Å². The number of carbonyl (C=O) groups is 2. The summed E-state index contributed by atoms with van der Waals surface area (Å²) in [4.78, 5) is 22.4. The number of Topliss-reactive ketones (excluding diaryl/α,β-unsaturated/α-hetero) is 1. The van der Waals surface area contributed by atoms with Gasteiger partial charge in [0.15, 0.2) is 5.78 Å². The highest BCUT2D eigenvalue weighted by Gasteiger charge is 2.17. The predicted molar refractivity (Wildman–Crippen MR) is 63.4 cm³/mol. The van der Waals surface area contributed by atoms with Crippen molar-refractivity contribution in [2.75, 3.05) is 6.61 Å². The lowest BCUT2D eigenvalue weighted by Crippen LogP contribution is -2.15. The number of carbonyl (C=O) groups excluding carboxylic acids is 1. The van der Waals surface area contributed by atoms with Crippen molar-refractivity contribution in [2.45, 2.75) is 20.3 Å². The summed E-state index contributed by atoms with van der Waals surface area (Å²) in [5.74, 6) is -0.924. The van der Waals surface area contributed by atoms with Crippen molar-refractivity contribution in [3.63, 3.8) is 0 Å². The summed E-state index contributed by atoms with van der Waals surface area (Å²) in [5.41, 5.74) is 0.516. The first-order chi connectivity index (χ1) is 8.04. The Morgan fingerprint density at radius 2 is 1.88 bits per heavy atom. The molecule has 0 bridgehead atoms. The highest BCUT2D eigenvalue weighted by Crippen LogP contribution is 2.16. The Balaban J connectivity index is 2.72. The summed E-state index contributed by atoms with van der Waals surface area (Å²) in [7, 11) is 0. The zero-order chi connectivity index (χ0) is 12.8. The number of hydrogen-bond donors (Lipinski definition) is 1. The van der Waals surface area contributed by atoms with E-state index in [9.17, 15) is 9.59 Å². The van der Waals surface area contributed by atoms with Crippen molar-refractivity contribution in [3.8, 4) is 5.75 Å². The van der Waals surface area contributed by atoms with Crippen molar-refractivity contribution in [1.82, 2.24) is 0 Å². The molecule has 1 aromatic carbocycles. The number of ketones is 1. The number of carboxylic acid groups (broad SMARTS) is 1. The van der Waals surface area contributed by atoms with Gasteiger partial charge in [0.2, 0.25) is 0 Å². The average Bonchev–Trinajstić information content (AvgIpc) is 2.28. The van der Waals surface area contributed by atoms with E-state index in [0.717, 1.165) is 0 Å². The van der Waals surface area contributed by atoms with Crippen LogP contribution in [0.4, 0.5) is 0 Å². The maximum Gasteiger partial charge on any atom is 0.304 e. The Hall–Kier alpha value is -1.84. The molecule has 0 aliphatic carbocycles. The average molecular weight is 236 g/mol. The molecule has 4 heteroatoms. The normalized spacial score (nSPS) is 11.9. The molecule has 0 aliphatic rings. The predicted octanol–water partition coefficient (Wildman–Crippen LogP) is 2.38. The molecular formula is C13H16O4. The molecule has 0 radical (unpaired) electrons. The molecule has 1 aromatic rings. The quantitative estimate of drug-likeness (QED) is 0.770. The number of benzene rings is 1. The van der Waals surface area contributed by atoms with Gasteiger partial charge in [-0.2, -0.15) is 0 Å². The van der Waals surface area contributed by atoms with Gasteiger partial charge in [0.25, 0.3) is 0 Å². The van der Waals surface area contributed by atoms with Crippen molar-refractivity contribution in [1.29, 1.82) is 0 Å². The fourth-order valence-corrected chi connectivity index (χ4v) is 1.52. The first-order valence-corrected chi connectivity index (χ1v) is 5.53. The monoisotopic (exact) mass is 236 g/mol. The van der Waals surface area contributed by atoms with Gasteiger partial charge in [-0.1, -0.05) is 6.92 Å². The first-order valence-electron chi connectivity index (χ1n) is 5.53. The minimum atomic E-state index is -0.961. The molecule has 17 heavy (non-hydrogen) atoms. The molecule has 1 rings (SSSR count). The number of carboxylic acids is 1. The molecule has 0 amide bonds. The minimum absolute atomic E-state index is 0.147. The third-order valence-electron chi connectivity index (χ3n) is 2.38. The van der Waals surface area contributed by atoms with Gasteiger partial charge in [0.1, 0.15) is 5.75 Å². The smallest absolute Gasteiger partial charge is 0.304 e. The Kier molecular flexibility index (Phi) is 4.69. The molecule has 1 unspecified atom stereocenters. The molecule has 92 valence electrons. The van der Waals surface area contributed by atoms with Gasteiger partial charge in [-0.15, -0.1) is 0 Å². The lowest BCUT2D eigenvalue weighted by molar-refractivity contribution is -0.137. The van der Waals surface area contributed by atoms with E-state index in [4.69, 9.17) is 9.84 Å². The summed E-state index contributed by atoms with van der Waals surface area (Å²) in [6.07, 6.45) is -0.147. The van der Waals surface area contributed by atoms with Gasteiger partial charge in [0, 0.05) is 11.5 Å². The van der Waals surface area contributed by atoms with E-state index in [1.807, 2.05) is 6.92 Å². The van der Waals surface area contributed by atoms with Gasteiger partial charge in [-0.25, -0.2) is 0 Å². The highest BCUT2D eigenvalue weighted by atomic mass is 16.5. The van der Waals surface area contributed by atoms with E-state index in [1.54, 1.807) is 31.2 Å². The van der Waals surface area contributed by atoms with Gasteiger partial charge in [0.05, 0.1) is 13.0 Å². The van der Waals surface area contributed by atoms with E-state index < -0.39 is 11.9 Å². The largest absolute Gasteiger partial charge is 0.494 e. The number of aliphatic carboxylic acids is 1. The van der Waals surface area contributed by atoms with Gasteiger partial charge in [-0.05, 0) is 31.2 Å². The van der Waals surface area contributed by atoms with Crippen LogP contribution in [0.5, 0.6) is 5.75 Å². The van der Waals surface area contributed by atoms with Gasteiger partial charge in [-0.3, -0.25) is 9.59 Å². The van der Waals surface area contributed by atoms with Crippen LogP contribution < -0.4 is 4.74 Å². The van der Waals surface area contributed by atoms with Crippen molar-refractivity contribution in [2.24, 2.45) is 5.92 Å². The molecule has 0 saturated heterocycles. The molecule has 0 saturated carbocycles. The molecule has 1 N–H and O–H groups in total. The van der Waals surface area contributed by atoms with Crippen LogP contribution in [0.1, 0.15) is 30.6 Å². The SMILES string of the molecule is CCOc1ccc(C(=O)C(C)CC(=O)O)cc1. The number of hydrogen-bond acceptors (Lipinski definition) is 3. The van der Waals surface area contributed by atoms with E-state index in [1.165, 1.54) is 0 Å². The Labute approximate surface area is 100 Å². The lowest BCUT2D eigenvalue weighted by atomic mass is 9.96.